The lowest BCUT2D eigenvalue weighted by Crippen LogP contribution is -2.41. The lowest BCUT2D eigenvalue weighted by atomic mass is 10.1. The third kappa shape index (κ3) is 3.14. The van der Waals surface area contributed by atoms with Crippen LogP contribution in [0, 0.1) is 13.8 Å². The van der Waals surface area contributed by atoms with Crippen LogP contribution in [0.3, 0.4) is 0 Å². The Labute approximate surface area is 114 Å². The second-order valence-corrected chi connectivity index (χ2v) is 5.17. The third-order valence-corrected chi connectivity index (χ3v) is 3.78. The van der Waals surface area contributed by atoms with Gasteiger partial charge in [0.2, 0.25) is 5.91 Å². The van der Waals surface area contributed by atoms with E-state index in [4.69, 9.17) is 5.11 Å². The van der Waals surface area contributed by atoms with Gasteiger partial charge in [0.1, 0.15) is 0 Å². The number of benzene rings is 1. The van der Waals surface area contributed by atoms with Crippen molar-refractivity contribution in [2.45, 2.75) is 32.7 Å². The monoisotopic (exact) mass is 262 g/mol. The van der Waals surface area contributed by atoms with Gasteiger partial charge >= 0.3 is 0 Å². The van der Waals surface area contributed by atoms with Crippen LogP contribution in [0.25, 0.3) is 0 Å². The first kappa shape index (κ1) is 14.0. The molecule has 0 bridgehead atoms. The van der Waals surface area contributed by atoms with Crippen molar-refractivity contribution in [2.75, 3.05) is 25.0 Å². The molecular weight excluding hydrogens is 240 g/mol. The molecular formula is C15H22N2O2. The smallest absolute Gasteiger partial charge is 0.241 e. The van der Waals surface area contributed by atoms with Gasteiger partial charge in [-0.3, -0.25) is 9.69 Å². The van der Waals surface area contributed by atoms with Crippen molar-refractivity contribution < 1.29 is 9.90 Å². The highest BCUT2D eigenvalue weighted by molar-refractivity contribution is 5.96. The van der Waals surface area contributed by atoms with Crippen molar-refractivity contribution in [1.82, 2.24) is 4.90 Å². The Bertz CT molecular complexity index is 439. The number of anilines is 1. The molecule has 0 aliphatic carbocycles. The van der Waals surface area contributed by atoms with E-state index in [9.17, 15) is 4.79 Å². The molecule has 2 rings (SSSR count). The maximum Gasteiger partial charge on any atom is 0.241 e. The fraction of sp³-hybridized carbons (Fsp3) is 0.533. The molecule has 0 radical (unpaired) electrons. The topological polar surface area (TPSA) is 52.6 Å². The maximum absolute atomic E-state index is 12.4. The summed E-state index contributed by atoms with van der Waals surface area (Å²) in [4.78, 5) is 14.4. The third-order valence-electron chi connectivity index (χ3n) is 3.78. The van der Waals surface area contributed by atoms with Gasteiger partial charge in [0.15, 0.2) is 0 Å². The fourth-order valence-corrected chi connectivity index (χ4v) is 2.74. The van der Waals surface area contributed by atoms with E-state index in [2.05, 4.69) is 10.2 Å². The van der Waals surface area contributed by atoms with E-state index in [1.807, 2.05) is 32.0 Å². The van der Waals surface area contributed by atoms with Crippen LogP contribution in [-0.4, -0.2) is 41.7 Å². The van der Waals surface area contributed by atoms with Gasteiger partial charge in [0.05, 0.1) is 12.6 Å². The number of nitrogens with one attached hydrogen (secondary N) is 1. The van der Waals surface area contributed by atoms with E-state index in [1.165, 1.54) is 0 Å². The predicted molar refractivity (Wildman–Crippen MR) is 76.2 cm³/mol. The largest absolute Gasteiger partial charge is 0.395 e. The van der Waals surface area contributed by atoms with Crippen molar-refractivity contribution in [3.05, 3.63) is 29.3 Å². The summed E-state index contributed by atoms with van der Waals surface area (Å²) in [5, 5.41) is 12.1. The maximum atomic E-state index is 12.4. The molecule has 0 spiro atoms. The van der Waals surface area contributed by atoms with Crippen LogP contribution in [0.15, 0.2) is 18.2 Å². The van der Waals surface area contributed by atoms with Crippen molar-refractivity contribution >= 4 is 11.6 Å². The highest BCUT2D eigenvalue weighted by atomic mass is 16.3. The summed E-state index contributed by atoms with van der Waals surface area (Å²) in [7, 11) is 0. The van der Waals surface area contributed by atoms with E-state index in [1.54, 1.807) is 0 Å². The van der Waals surface area contributed by atoms with Gasteiger partial charge in [-0.1, -0.05) is 18.2 Å². The minimum atomic E-state index is -0.105. The molecule has 1 aliphatic rings. The first-order valence-electron chi connectivity index (χ1n) is 6.85. The van der Waals surface area contributed by atoms with Gasteiger partial charge in [-0.2, -0.15) is 0 Å². The Morgan fingerprint density at radius 2 is 2.11 bits per heavy atom. The Balaban J connectivity index is 2.08. The average molecular weight is 262 g/mol. The summed E-state index contributed by atoms with van der Waals surface area (Å²) in [6, 6.07) is 5.89. The van der Waals surface area contributed by atoms with Gasteiger partial charge < -0.3 is 10.4 Å². The van der Waals surface area contributed by atoms with E-state index in [-0.39, 0.29) is 18.6 Å². The molecule has 2 N–H and O–H groups in total. The van der Waals surface area contributed by atoms with Crippen LogP contribution >= 0.6 is 0 Å². The zero-order valence-electron chi connectivity index (χ0n) is 11.6. The zero-order chi connectivity index (χ0) is 13.8. The summed E-state index contributed by atoms with van der Waals surface area (Å²) < 4.78 is 0. The SMILES string of the molecule is Cc1cccc(C)c1NC(=O)[C@@H]1CCCN1CCO. The number of nitrogens with zero attached hydrogens (tertiary/aromatic N) is 1. The lowest BCUT2D eigenvalue weighted by molar-refractivity contribution is -0.120. The van der Waals surface area contributed by atoms with Gasteiger partial charge in [0, 0.05) is 12.2 Å². The number of hydrogen-bond donors (Lipinski definition) is 2. The Morgan fingerprint density at radius 3 is 2.74 bits per heavy atom. The van der Waals surface area contributed by atoms with Crippen LogP contribution in [0.1, 0.15) is 24.0 Å². The molecule has 1 saturated heterocycles. The van der Waals surface area contributed by atoms with Gasteiger partial charge in [0.25, 0.3) is 0 Å². The number of carbonyl (C=O) groups excluding carboxylic acids is 1. The second-order valence-electron chi connectivity index (χ2n) is 5.17. The summed E-state index contributed by atoms with van der Waals surface area (Å²) >= 11 is 0. The Hall–Kier alpha value is -1.39. The number of likely N-dealkylation sites (tertiary alicyclic amines) is 1. The van der Waals surface area contributed by atoms with Crippen LogP contribution in [-0.2, 0) is 4.79 Å². The number of rotatable bonds is 4. The van der Waals surface area contributed by atoms with Crippen molar-refractivity contribution in [2.24, 2.45) is 0 Å². The molecule has 1 atom stereocenters. The normalized spacial score (nSPS) is 19.6. The minimum absolute atomic E-state index is 0.0448. The molecule has 0 unspecified atom stereocenters. The molecule has 1 aliphatic heterocycles. The minimum Gasteiger partial charge on any atom is -0.395 e. The molecule has 1 aromatic rings. The Kier molecular flexibility index (Phi) is 4.56. The number of aliphatic hydroxyl groups is 1. The quantitative estimate of drug-likeness (QED) is 0.868. The molecule has 1 fully saturated rings. The molecule has 19 heavy (non-hydrogen) atoms. The van der Waals surface area contributed by atoms with Crippen molar-refractivity contribution in [1.29, 1.82) is 0 Å². The molecule has 4 heteroatoms. The summed E-state index contributed by atoms with van der Waals surface area (Å²) in [5.41, 5.74) is 3.09. The highest BCUT2D eigenvalue weighted by Gasteiger charge is 2.30. The lowest BCUT2D eigenvalue weighted by Gasteiger charge is -2.23. The predicted octanol–water partition coefficient (Wildman–Crippen LogP) is 1.70. The van der Waals surface area contributed by atoms with E-state index in [0.717, 1.165) is 36.2 Å². The van der Waals surface area contributed by atoms with Crippen LogP contribution < -0.4 is 5.32 Å². The van der Waals surface area contributed by atoms with Gasteiger partial charge in [-0.15, -0.1) is 0 Å². The van der Waals surface area contributed by atoms with E-state index >= 15 is 0 Å². The van der Waals surface area contributed by atoms with Crippen LogP contribution in [0.2, 0.25) is 0 Å². The van der Waals surface area contributed by atoms with Gasteiger partial charge in [-0.05, 0) is 44.4 Å². The van der Waals surface area contributed by atoms with Gasteiger partial charge in [-0.25, -0.2) is 0 Å². The molecule has 0 saturated carbocycles. The number of aryl methyl sites for hydroxylation is 2. The highest BCUT2D eigenvalue weighted by Crippen LogP contribution is 2.22. The standard InChI is InChI=1S/C15H22N2O2/c1-11-5-3-6-12(2)14(11)16-15(19)13-7-4-8-17(13)9-10-18/h3,5-6,13,18H,4,7-10H2,1-2H3,(H,16,19)/t13-/m0/s1. The fourth-order valence-electron chi connectivity index (χ4n) is 2.74. The number of aliphatic hydroxyl groups excluding tert-OH is 1. The van der Waals surface area contributed by atoms with Crippen LogP contribution in [0.5, 0.6) is 0 Å². The van der Waals surface area contributed by atoms with Crippen molar-refractivity contribution in [3.63, 3.8) is 0 Å². The molecule has 1 heterocycles. The number of hydrogen-bond acceptors (Lipinski definition) is 3. The molecule has 1 aromatic carbocycles. The van der Waals surface area contributed by atoms with E-state index < -0.39 is 0 Å². The molecule has 104 valence electrons. The first-order chi connectivity index (χ1) is 9.13. The second kappa shape index (κ2) is 6.17. The van der Waals surface area contributed by atoms with Crippen LogP contribution in [0.4, 0.5) is 5.69 Å². The number of para-hydroxylation sites is 1. The molecule has 1 amide bonds. The first-order valence-corrected chi connectivity index (χ1v) is 6.85. The summed E-state index contributed by atoms with van der Waals surface area (Å²) in [6.45, 7) is 5.58. The van der Waals surface area contributed by atoms with E-state index in [0.29, 0.717) is 6.54 Å². The number of β-amino-alcohol motifs (C(OH)–C–C–N with tert-alkyl or cyclic N) is 1. The average Bonchev–Trinajstić information content (AvgIpc) is 2.83. The number of amides is 1. The molecule has 0 aromatic heterocycles. The Morgan fingerprint density at radius 1 is 1.42 bits per heavy atom. The van der Waals surface area contributed by atoms with Crippen molar-refractivity contribution in [3.8, 4) is 0 Å². The summed E-state index contributed by atoms with van der Waals surface area (Å²) in [6.07, 6.45) is 1.89. The zero-order valence-corrected chi connectivity index (χ0v) is 11.6. The number of carbonyl (C=O) groups is 1. The molecule has 4 nitrogen and oxygen atoms in total. The summed E-state index contributed by atoms with van der Waals surface area (Å²) in [5.74, 6) is 0.0448.